The van der Waals surface area contributed by atoms with Crippen LogP contribution in [0.25, 0.3) is 10.2 Å². The smallest absolute Gasteiger partial charge is 0.338 e. The van der Waals surface area contributed by atoms with E-state index in [9.17, 15) is 18.0 Å². The summed E-state index contributed by atoms with van der Waals surface area (Å²) in [6.45, 7) is 2.70. The molecule has 1 saturated carbocycles. The Morgan fingerprint density at radius 3 is 2.49 bits per heavy atom. The number of ether oxygens (including phenoxy) is 1. The molecule has 0 N–H and O–H groups in total. The monoisotopic (exact) mass is 533 g/mol. The molecule has 1 fully saturated rings. The van der Waals surface area contributed by atoms with Crippen LogP contribution in [0.2, 0.25) is 0 Å². The average Bonchev–Trinajstić information content (AvgIpc) is 3.64. The summed E-state index contributed by atoms with van der Waals surface area (Å²) >= 11 is 3.01. The molecule has 0 atom stereocenters. The maximum Gasteiger partial charge on any atom is 0.338 e. The van der Waals surface area contributed by atoms with Gasteiger partial charge in [-0.25, -0.2) is 13.2 Å². The van der Waals surface area contributed by atoms with Crippen LogP contribution in [-0.4, -0.2) is 60.9 Å². The molecule has 2 aromatic carbocycles. The van der Waals surface area contributed by atoms with Gasteiger partial charge in [-0.15, -0.1) is 0 Å². The minimum atomic E-state index is -3.58. The SMILES string of the molecule is CCOC(=O)c1ccc2c(c1)sc(=NC(=O)c1ccc(S(=O)(=O)N(C)C3CC3)cc1)n2CCSC. The van der Waals surface area contributed by atoms with Crippen LogP contribution >= 0.6 is 23.1 Å². The molecule has 35 heavy (non-hydrogen) atoms. The zero-order chi connectivity index (χ0) is 25.2. The fraction of sp³-hybridized carbons (Fsp3) is 0.375. The number of rotatable bonds is 9. The number of esters is 1. The Labute approximate surface area is 212 Å². The minimum absolute atomic E-state index is 0.0605. The molecule has 1 aliphatic carbocycles. The highest BCUT2D eigenvalue weighted by molar-refractivity contribution is 7.98. The molecule has 1 amide bonds. The third-order valence-electron chi connectivity index (χ3n) is 5.75. The number of fused-ring (bicyclic) bond motifs is 1. The molecule has 0 radical (unpaired) electrons. The van der Waals surface area contributed by atoms with Crippen molar-refractivity contribution in [3.63, 3.8) is 0 Å². The van der Waals surface area contributed by atoms with Crippen LogP contribution in [0.15, 0.2) is 52.4 Å². The Hall–Kier alpha value is -2.47. The maximum absolute atomic E-state index is 13.0. The van der Waals surface area contributed by atoms with Crippen molar-refractivity contribution in [3.8, 4) is 0 Å². The van der Waals surface area contributed by atoms with Crippen LogP contribution < -0.4 is 4.80 Å². The Kier molecular flexibility index (Phi) is 7.80. The number of aryl methyl sites for hydroxylation is 1. The van der Waals surface area contributed by atoms with E-state index in [2.05, 4.69) is 4.99 Å². The van der Waals surface area contributed by atoms with E-state index in [0.717, 1.165) is 28.8 Å². The first-order valence-corrected chi connectivity index (χ1v) is 14.9. The number of amides is 1. The van der Waals surface area contributed by atoms with Crippen molar-refractivity contribution < 1.29 is 22.7 Å². The van der Waals surface area contributed by atoms with Gasteiger partial charge in [0.2, 0.25) is 10.0 Å². The molecule has 186 valence electrons. The quantitative estimate of drug-likeness (QED) is 0.389. The second-order valence-electron chi connectivity index (χ2n) is 8.13. The molecule has 1 heterocycles. The molecule has 1 aromatic heterocycles. The van der Waals surface area contributed by atoms with E-state index in [4.69, 9.17) is 4.74 Å². The minimum Gasteiger partial charge on any atom is -0.462 e. The summed E-state index contributed by atoms with van der Waals surface area (Å²) in [4.78, 5) is 30.2. The van der Waals surface area contributed by atoms with Crippen LogP contribution in [0.5, 0.6) is 0 Å². The van der Waals surface area contributed by atoms with Gasteiger partial charge >= 0.3 is 5.97 Å². The van der Waals surface area contributed by atoms with Crippen molar-refractivity contribution in [1.29, 1.82) is 0 Å². The third kappa shape index (κ3) is 5.53. The Morgan fingerprint density at radius 2 is 1.86 bits per heavy atom. The molecule has 4 rings (SSSR count). The molecule has 0 aliphatic heterocycles. The highest BCUT2D eigenvalue weighted by Crippen LogP contribution is 2.30. The first kappa shape index (κ1) is 25.6. The molecule has 0 bridgehead atoms. The summed E-state index contributed by atoms with van der Waals surface area (Å²) in [7, 11) is -1.99. The molecule has 0 saturated heterocycles. The normalized spacial score (nSPS) is 14.6. The Morgan fingerprint density at radius 1 is 1.17 bits per heavy atom. The molecule has 0 spiro atoms. The van der Waals surface area contributed by atoms with Gasteiger partial charge in [-0.2, -0.15) is 21.1 Å². The van der Waals surface area contributed by atoms with Gasteiger partial charge in [0.15, 0.2) is 4.80 Å². The van der Waals surface area contributed by atoms with Crippen LogP contribution in [0.4, 0.5) is 0 Å². The van der Waals surface area contributed by atoms with E-state index in [0.29, 0.717) is 29.1 Å². The lowest BCUT2D eigenvalue weighted by Gasteiger charge is -2.16. The van der Waals surface area contributed by atoms with Crippen molar-refractivity contribution in [3.05, 3.63) is 58.4 Å². The fourth-order valence-electron chi connectivity index (χ4n) is 3.62. The molecular formula is C24H27N3O5S3. The van der Waals surface area contributed by atoms with E-state index in [1.807, 2.05) is 16.9 Å². The summed E-state index contributed by atoms with van der Waals surface area (Å²) in [6, 6.07) is 11.3. The molecule has 0 unspecified atom stereocenters. The summed E-state index contributed by atoms with van der Waals surface area (Å²) < 4.78 is 34.7. The predicted molar refractivity (Wildman–Crippen MR) is 138 cm³/mol. The van der Waals surface area contributed by atoms with Crippen LogP contribution in [0.1, 0.15) is 40.5 Å². The van der Waals surface area contributed by atoms with Crippen LogP contribution in [-0.2, 0) is 21.3 Å². The lowest BCUT2D eigenvalue weighted by Crippen LogP contribution is -2.28. The van der Waals surface area contributed by atoms with Gasteiger partial charge in [0.05, 0.1) is 27.3 Å². The molecular weight excluding hydrogens is 506 g/mol. The number of thiazole rings is 1. The summed E-state index contributed by atoms with van der Waals surface area (Å²) in [5.41, 5.74) is 1.63. The average molecular weight is 534 g/mol. The number of carbonyl (C=O) groups is 2. The van der Waals surface area contributed by atoms with Gasteiger partial charge in [0.1, 0.15) is 0 Å². The second kappa shape index (κ2) is 10.7. The van der Waals surface area contributed by atoms with Crippen molar-refractivity contribution in [1.82, 2.24) is 8.87 Å². The molecule has 8 nitrogen and oxygen atoms in total. The van der Waals surface area contributed by atoms with Crippen molar-refractivity contribution >= 4 is 55.2 Å². The number of nitrogens with zero attached hydrogens (tertiary/aromatic N) is 3. The number of carbonyl (C=O) groups excluding carboxylic acids is 2. The molecule has 11 heteroatoms. The standard InChI is InChI=1S/C24H27N3O5S3/c1-4-32-23(29)17-7-12-20-21(15-17)34-24(27(20)13-14-33-3)25-22(28)16-5-10-19(11-6-16)35(30,31)26(2)18-8-9-18/h5-7,10-12,15,18H,4,8-9,13-14H2,1-3H3. The second-order valence-corrected chi connectivity index (χ2v) is 12.1. The topological polar surface area (TPSA) is 98.0 Å². The van der Waals surface area contributed by atoms with Crippen molar-refractivity contribution in [2.75, 3.05) is 25.7 Å². The number of sulfonamides is 1. The van der Waals surface area contributed by atoms with Crippen molar-refractivity contribution in [2.24, 2.45) is 4.99 Å². The fourth-order valence-corrected chi connectivity index (χ4v) is 6.49. The number of benzene rings is 2. The summed E-state index contributed by atoms with van der Waals surface area (Å²) in [5.74, 6) is -0.0246. The van der Waals surface area contributed by atoms with Gasteiger partial charge in [-0.1, -0.05) is 11.3 Å². The zero-order valence-electron chi connectivity index (χ0n) is 19.8. The van der Waals surface area contributed by atoms with Crippen molar-refractivity contribution in [2.45, 2.75) is 37.2 Å². The van der Waals surface area contributed by atoms with Crippen LogP contribution in [0.3, 0.4) is 0 Å². The number of aromatic nitrogens is 1. The first-order chi connectivity index (χ1) is 16.8. The molecule has 3 aromatic rings. The predicted octanol–water partition coefficient (Wildman–Crippen LogP) is 3.77. The highest BCUT2D eigenvalue weighted by Gasteiger charge is 2.35. The lowest BCUT2D eigenvalue weighted by molar-refractivity contribution is 0.0526. The van der Waals surface area contributed by atoms with Gasteiger partial charge < -0.3 is 9.30 Å². The van der Waals surface area contributed by atoms with E-state index < -0.39 is 21.9 Å². The Balaban J connectivity index is 1.67. The van der Waals surface area contributed by atoms with Gasteiger partial charge in [0.25, 0.3) is 5.91 Å². The van der Waals surface area contributed by atoms with E-state index >= 15 is 0 Å². The number of hydrogen-bond acceptors (Lipinski definition) is 7. The van der Waals surface area contributed by atoms with E-state index in [1.54, 1.807) is 37.9 Å². The maximum atomic E-state index is 13.0. The first-order valence-electron chi connectivity index (χ1n) is 11.2. The number of hydrogen-bond donors (Lipinski definition) is 0. The van der Waals surface area contributed by atoms with E-state index in [-0.39, 0.29) is 10.9 Å². The van der Waals surface area contributed by atoms with E-state index in [1.165, 1.54) is 39.9 Å². The van der Waals surface area contributed by atoms with Gasteiger partial charge in [0, 0.05) is 31.0 Å². The van der Waals surface area contributed by atoms with Crippen LogP contribution in [0, 0.1) is 0 Å². The zero-order valence-corrected chi connectivity index (χ0v) is 22.2. The Bertz CT molecular complexity index is 1420. The lowest BCUT2D eigenvalue weighted by atomic mass is 10.2. The summed E-state index contributed by atoms with van der Waals surface area (Å²) in [5, 5.41) is 0. The highest BCUT2D eigenvalue weighted by atomic mass is 32.2. The number of thioether (sulfide) groups is 1. The van der Waals surface area contributed by atoms with Gasteiger partial charge in [-0.05, 0) is 68.5 Å². The largest absolute Gasteiger partial charge is 0.462 e. The molecule has 1 aliphatic rings. The summed E-state index contributed by atoms with van der Waals surface area (Å²) in [6.07, 6.45) is 3.75. The van der Waals surface area contributed by atoms with Gasteiger partial charge in [-0.3, -0.25) is 4.79 Å². The third-order valence-corrected chi connectivity index (χ3v) is 9.31.